The van der Waals surface area contributed by atoms with Gasteiger partial charge in [-0.2, -0.15) is 18.4 Å². The molecule has 2 aromatic carbocycles. The molecule has 0 saturated carbocycles. The maximum Gasteiger partial charge on any atom is 0.416 e. The van der Waals surface area contributed by atoms with Gasteiger partial charge in [0.15, 0.2) is 0 Å². The van der Waals surface area contributed by atoms with Gasteiger partial charge < -0.3 is 11.1 Å². The molecule has 0 atom stereocenters. The molecule has 10 nitrogen and oxygen atoms in total. The topological polar surface area (TPSA) is 140 Å². The van der Waals surface area contributed by atoms with E-state index in [4.69, 9.17) is 5.73 Å². The minimum absolute atomic E-state index is 0.179. The zero-order chi connectivity index (χ0) is 26.7. The Balaban J connectivity index is 1.48. The first-order valence-corrected chi connectivity index (χ1v) is 12.2. The number of nitrogens with zero attached hydrogens (tertiary/aromatic N) is 6. The van der Waals surface area contributed by atoms with Gasteiger partial charge in [-0.3, -0.25) is 4.79 Å². The van der Waals surface area contributed by atoms with Crippen molar-refractivity contribution in [3.05, 3.63) is 71.2 Å². The normalized spacial score (nSPS) is 11.6. The Kier molecular flexibility index (Phi) is 6.98. The van der Waals surface area contributed by atoms with Gasteiger partial charge in [-0.15, -0.1) is 26.6 Å². The number of alkyl halides is 3. The number of aromatic nitrogens is 7. The van der Waals surface area contributed by atoms with Gasteiger partial charge in [0.05, 0.1) is 22.3 Å². The standard InChI is InChI=1S/C24H20F3N9OS/c25-24(26,27)17-4-2-14(3-5-17)19-13-36(35-30-19)18-11-15(10-16(12-18)22-31-33-34-32-22)20-6-7-21(38-20)23(37)29-9-1-8-28/h2-7,10-13H,1,8-9,28H2,(H,29,37)(H,31,32,33,34). The summed E-state index contributed by atoms with van der Waals surface area (Å²) in [7, 11) is 0. The third-order valence-corrected chi connectivity index (χ3v) is 6.70. The molecule has 0 unspecified atom stereocenters. The number of aromatic amines is 1. The number of nitrogens with two attached hydrogens (primary N) is 1. The van der Waals surface area contributed by atoms with Crippen molar-refractivity contribution in [1.29, 1.82) is 0 Å². The van der Waals surface area contributed by atoms with E-state index in [9.17, 15) is 18.0 Å². The van der Waals surface area contributed by atoms with Crippen LogP contribution in [0.1, 0.15) is 21.7 Å². The Morgan fingerprint density at radius 3 is 2.53 bits per heavy atom. The summed E-state index contributed by atoms with van der Waals surface area (Å²) in [6, 6.07) is 13.8. The first kappa shape index (κ1) is 25.2. The van der Waals surface area contributed by atoms with E-state index in [1.165, 1.54) is 28.2 Å². The number of tetrazole rings is 1. The number of carbonyl (C=O) groups excluding carboxylic acids is 1. The summed E-state index contributed by atoms with van der Waals surface area (Å²) in [6.07, 6.45) is -2.12. The van der Waals surface area contributed by atoms with Gasteiger partial charge in [-0.05, 0) is 66.2 Å². The number of amides is 1. The molecule has 1 amide bonds. The molecule has 0 saturated heterocycles. The van der Waals surface area contributed by atoms with Gasteiger partial charge in [0, 0.05) is 22.5 Å². The van der Waals surface area contributed by atoms with Crippen molar-refractivity contribution < 1.29 is 18.0 Å². The lowest BCUT2D eigenvalue weighted by atomic mass is 10.1. The third-order valence-electron chi connectivity index (χ3n) is 5.57. The lowest BCUT2D eigenvalue weighted by molar-refractivity contribution is -0.137. The molecule has 0 fully saturated rings. The van der Waals surface area contributed by atoms with E-state index < -0.39 is 11.7 Å². The Morgan fingerprint density at radius 2 is 1.82 bits per heavy atom. The zero-order valence-corrected chi connectivity index (χ0v) is 20.4. The molecule has 0 bridgehead atoms. The number of thiophene rings is 1. The van der Waals surface area contributed by atoms with Crippen molar-refractivity contribution in [2.75, 3.05) is 13.1 Å². The predicted octanol–water partition coefficient (Wildman–Crippen LogP) is 3.94. The van der Waals surface area contributed by atoms with Gasteiger partial charge in [-0.25, -0.2) is 4.68 Å². The third kappa shape index (κ3) is 5.45. The molecular weight excluding hydrogens is 519 g/mol. The highest BCUT2D eigenvalue weighted by molar-refractivity contribution is 7.17. The number of halogens is 3. The molecule has 0 radical (unpaired) electrons. The smallest absolute Gasteiger partial charge is 0.351 e. The predicted molar refractivity (Wildman–Crippen MR) is 134 cm³/mol. The zero-order valence-electron chi connectivity index (χ0n) is 19.6. The summed E-state index contributed by atoms with van der Waals surface area (Å²) in [6.45, 7) is 0.984. The maximum absolute atomic E-state index is 12.9. The van der Waals surface area contributed by atoms with Crippen LogP contribution in [-0.2, 0) is 6.18 Å². The average Bonchev–Trinajstić information content (AvgIpc) is 3.70. The van der Waals surface area contributed by atoms with Crippen LogP contribution < -0.4 is 11.1 Å². The lowest BCUT2D eigenvalue weighted by Gasteiger charge is -2.07. The Hall–Kier alpha value is -4.43. The minimum atomic E-state index is -4.42. The molecule has 5 aromatic rings. The van der Waals surface area contributed by atoms with Crippen LogP contribution in [-0.4, -0.2) is 54.6 Å². The summed E-state index contributed by atoms with van der Waals surface area (Å²) in [4.78, 5) is 13.8. The Bertz CT molecular complexity index is 1540. The molecule has 194 valence electrons. The van der Waals surface area contributed by atoms with Gasteiger partial charge in [0.25, 0.3) is 5.91 Å². The Labute approximate surface area is 217 Å². The molecule has 0 spiro atoms. The van der Waals surface area contributed by atoms with E-state index in [2.05, 4.69) is 36.3 Å². The maximum atomic E-state index is 12.9. The highest BCUT2D eigenvalue weighted by Gasteiger charge is 2.30. The van der Waals surface area contributed by atoms with Crippen LogP contribution in [0.15, 0.2) is 60.8 Å². The first-order chi connectivity index (χ1) is 18.3. The lowest BCUT2D eigenvalue weighted by Crippen LogP contribution is -2.25. The van der Waals surface area contributed by atoms with E-state index in [1.807, 2.05) is 18.2 Å². The Morgan fingerprint density at radius 1 is 1.03 bits per heavy atom. The van der Waals surface area contributed by atoms with Crippen molar-refractivity contribution >= 4 is 17.2 Å². The number of benzene rings is 2. The van der Waals surface area contributed by atoms with Gasteiger partial charge >= 0.3 is 6.18 Å². The fourth-order valence-corrected chi connectivity index (χ4v) is 4.57. The molecule has 4 N–H and O–H groups in total. The van der Waals surface area contributed by atoms with Crippen LogP contribution in [0.5, 0.6) is 0 Å². The quantitative estimate of drug-likeness (QED) is 0.254. The molecule has 5 rings (SSSR count). The van der Waals surface area contributed by atoms with E-state index in [0.29, 0.717) is 52.7 Å². The van der Waals surface area contributed by atoms with Crippen LogP contribution in [0, 0.1) is 0 Å². The summed E-state index contributed by atoms with van der Waals surface area (Å²) in [5, 5.41) is 25.3. The number of hydrogen-bond donors (Lipinski definition) is 3. The highest BCUT2D eigenvalue weighted by Crippen LogP contribution is 2.34. The number of H-pyrrole nitrogens is 1. The van der Waals surface area contributed by atoms with E-state index in [1.54, 1.807) is 18.3 Å². The largest absolute Gasteiger partial charge is 0.416 e. The van der Waals surface area contributed by atoms with E-state index in [0.717, 1.165) is 22.6 Å². The molecule has 0 aliphatic heterocycles. The fraction of sp³-hybridized carbons (Fsp3) is 0.167. The van der Waals surface area contributed by atoms with Crippen molar-refractivity contribution in [2.45, 2.75) is 12.6 Å². The fourth-order valence-electron chi connectivity index (χ4n) is 3.66. The molecule has 14 heteroatoms. The van der Waals surface area contributed by atoms with Crippen molar-refractivity contribution in [3.8, 4) is 38.8 Å². The van der Waals surface area contributed by atoms with Crippen LogP contribution in [0.25, 0.3) is 38.8 Å². The second-order valence-corrected chi connectivity index (χ2v) is 9.27. The SMILES string of the molecule is NCCCNC(=O)c1ccc(-c2cc(-c3nn[nH]n3)cc(-n3cc(-c4ccc(C(F)(F)F)cc4)nn3)c2)s1. The average molecular weight is 540 g/mol. The summed E-state index contributed by atoms with van der Waals surface area (Å²) >= 11 is 1.32. The molecular formula is C24H20F3N9OS. The number of rotatable bonds is 8. The summed E-state index contributed by atoms with van der Waals surface area (Å²) in [5.74, 6) is 0.175. The number of carbonyl (C=O) groups is 1. The molecule has 38 heavy (non-hydrogen) atoms. The molecule has 3 aromatic heterocycles. The van der Waals surface area contributed by atoms with Crippen molar-refractivity contribution in [2.24, 2.45) is 5.73 Å². The van der Waals surface area contributed by atoms with E-state index >= 15 is 0 Å². The molecule has 0 aliphatic rings. The number of nitrogens with one attached hydrogen (secondary N) is 2. The summed E-state index contributed by atoms with van der Waals surface area (Å²) in [5.41, 5.74) is 7.66. The van der Waals surface area contributed by atoms with E-state index in [-0.39, 0.29) is 5.91 Å². The second-order valence-electron chi connectivity index (χ2n) is 8.19. The van der Waals surface area contributed by atoms with Crippen molar-refractivity contribution in [1.82, 2.24) is 40.9 Å². The van der Waals surface area contributed by atoms with Crippen molar-refractivity contribution in [3.63, 3.8) is 0 Å². The summed E-state index contributed by atoms with van der Waals surface area (Å²) < 4.78 is 40.3. The molecule has 0 aliphatic carbocycles. The van der Waals surface area contributed by atoms with Crippen LogP contribution in [0.3, 0.4) is 0 Å². The van der Waals surface area contributed by atoms with Crippen LogP contribution >= 0.6 is 11.3 Å². The first-order valence-electron chi connectivity index (χ1n) is 11.4. The minimum Gasteiger partial charge on any atom is -0.351 e. The monoisotopic (exact) mass is 539 g/mol. The van der Waals surface area contributed by atoms with Gasteiger partial charge in [-0.1, -0.05) is 17.3 Å². The number of hydrogen-bond acceptors (Lipinski definition) is 8. The molecule has 3 heterocycles. The van der Waals surface area contributed by atoms with Crippen LogP contribution in [0.2, 0.25) is 0 Å². The highest BCUT2D eigenvalue weighted by atomic mass is 32.1. The second kappa shape index (κ2) is 10.5. The van der Waals surface area contributed by atoms with Gasteiger partial charge in [0.2, 0.25) is 5.82 Å². The van der Waals surface area contributed by atoms with Crippen LogP contribution in [0.4, 0.5) is 13.2 Å². The van der Waals surface area contributed by atoms with Gasteiger partial charge in [0.1, 0.15) is 5.69 Å².